The average molecular weight is 684 g/mol. The Bertz CT molecular complexity index is 1500. The summed E-state index contributed by atoms with van der Waals surface area (Å²) in [5.74, 6) is -2.38. The molecule has 0 saturated heterocycles. The number of carbonyl (C=O) groups is 3. The van der Waals surface area contributed by atoms with Crippen LogP contribution in [0, 0.1) is 6.92 Å². The van der Waals surface area contributed by atoms with Crippen LogP contribution < -0.4 is 16.1 Å². The minimum Gasteiger partial charge on any atom is -0.321 e. The van der Waals surface area contributed by atoms with Gasteiger partial charge in [-0.2, -0.15) is 0 Å². The number of rotatable bonds is 4. The van der Waals surface area contributed by atoms with E-state index in [-0.39, 0.29) is 16.4 Å². The van der Waals surface area contributed by atoms with Crippen molar-refractivity contribution in [2.45, 2.75) is 6.92 Å². The number of carbonyl (C=O) groups excluding carboxylic acids is 3. The molecule has 11 heteroatoms. The maximum atomic E-state index is 13.2. The lowest BCUT2D eigenvalue weighted by Gasteiger charge is -2.13. The molecule has 4 aromatic rings. The van der Waals surface area contributed by atoms with Crippen molar-refractivity contribution < 1.29 is 14.4 Å². The third-order valence-electron chi connectivity index (χ3n) is 5.01. The van der Waals surface area contributed by atoms with E-state index in [0.29, 0.717) is 16.6 Å². The zero-order chi connectivity index (χ0) is 25.3. The van der Waals surface area contributed by atoms with Crippen LogP contribution in [0.1, 0.15) is 16.1 Å². The van der Waals surface area contributed by atoms with Crippen LogP contribution in [-0.4, -0.2) is 22.4 Å². The predicted octanol–water partition coefficient (Wildman–Crippen LogP) is 6.85. The first-order valence-electron chi connectivity index (χ1n) is 10.1. The summed E-state index contributed by atoms with van der Waals surface area (Å²) in [7, 11) is 0. The van der Waals surface area contributed by atoms with Gasteiger partial charge < -0.3 is 10.6 Å². The fourth-order valence-corrected chi connectivity index (χ4v) is 4.66. The summed E-state index contributed by atoms with van der Waals surface area (Å²) in [6.45, 7) is 1.91. The van der Waals surface area contributed by atoms with Crippen LogP contribution in [-0.2, 0) is 9.59 Å². The number of aromatic nitrogens is 1. The van der Waals surface area contributed by atoms with Gasteiger partial charge in [0.1, 0.15) is 5.69 Å². The molecule has 3 N–H and O–H groups in total. The van der Waals surface area contributed by atoms with Crippen LogP contribution in [0.2, 0.25) is 5.02 Å². The van der Waals surface area contributed by atoms with E-state index < -0.39 is 17.7 Å². The average Bonchev–Trinajstić information content (AvgIpc) is 3.15. The summed E-state index contributed by atoms with van der Waals surface area (Å²) >= 11 is 16.3. The first-order valence-corrected chi connectivity index (χ1v) is 12.8. The summed E-state index contributed by atoms with van der Waals surface area (Å²) in [5, 5.41) is 6.26. The number of aryl methyl sites for hydroxylation is 1. The second-order valence-electron chi connectivity index (χ2n) is 7.51. The molecule has 0 spiro atoms. The minimum atomic E-state index is -0.974. The normalized spacial score (nSPS) is 10.8. The maximum absolute atomic E-state index is 13.2. The van der Waals surface area contributed by atoms with Gasteiger partial charge in [-0.1, -0.05) is 59.4 Å². The summed E-state index contributed by atoms with van der Waals surface area (Å²) in [4.78, 5) is 38.5. The lowest BCUT2D eigenvalue weighted by Crippen LogP contribution is -2.36. The van der Waals surface area contributed by atoms with Crippen LogP contribution in [0.3, 0.4) is 0 Å². The molecule has 0 unspecified atom stereocenters. The Labute approximate surface area is 230 Å². The monoisotopic (exact) mass is 680 g/mol. The van der Waals surface area contributed by atoms with Crippen molar-refractivity contribution in [2.75, 3.05) is 16.1 Å². The van der Waals surface area contributed by atoms with Gasteiger partial charge in [-0.3, -0.25) is 19.8 Å². The van der Waals surface area contributed by atoms with E-state index in [2.05, 4.69) is 63.8 Å². The van der Waals surface area contributed by atoms with Gasteiger partial charge in [-0.25, -0.2) is 4.68 Å². The molecule has 0 bridgehead atoms. The largest absolute Gasteiger partial charge is 0.328 e. The molecule has 0 fully saturated rings. The van der Waals surface area contributed by atoms with Crippen LogP contribution in [0.5, 0.6) is 0 Å². The molecule has 3 amide bonds. The SMILES string of the molecule is Cc1cc(NC(=O)c2cc3cc(Br)ccc3n2NC(=O)C(=O)Nc2ccc(Br)cc2Cl)ccc1Br. The minimum absolute atomic E-state index is 0.140. The Morgan fingerprint density at radius 2 is 1.54 bits per heavy atom. The van der Waals surface area contributed by atoms with Crippen molar-refractivity contribution in [3.63, 3.8) is 0 Å². The van der Waals surface area contributed by atoms with Crippen LogP contribution in [0.4, 0.5) is 11.4 Å². The number of nitrogens with zero attached hydrogens (tertiary/aromatic N) is 1. The molecular formula is C24H16Br3ClN4O3. The summed E-state index contributed by atoms with van der Waals surface area (Å²) in [6, 6.07) is 17.2. The fraction of sp³-hybridized carbons (Fsp3) is 0.0417. The Morgan fingerprint density at radius 1 is 0.829 bits per heavy atom. The highest BCUT2D eigenvalue weighted by Crippen LogP contribution is 2.27. The molecule has 7 nitrogen and oxygen atoms in total. The molecule has 0 radical (unpaired) electrons. The van der Waals surface area contributed by atoms with E-state index in [4.69, 9.17) is 11.6 Å². The zero-order valence-electron chi connectivity index (χ0n) is 18.0. The Kier molecular flexibility index (Phi) is 7.65. The topological polar surface area (TPSA) is 92.2 Å². The van der Waals surface area contributed by atoms with E-state index in [1.165, 1.54) is 4.68 Å². The van der Waals surface area contributed by atoms with E-state index in [9.17, 15) is 14.4 Å². The van der Waals surface area contributed by atoms with Gasteiger partial charge in [-0.15, -0.1) is 0 Å². The molecule has 0 aliphatic carbocycles. The van der Waals surface area contributed by atoms with Crippen molar-refractivity contribution in [3.8, 4) is 0 Å². The summed E-state index contributed by atoms with van der Waals surface area (Å²) < 4.78 is 3.73. The van der Waals surface area contributed by atoms with Crippen molar-refractivity contribution in [2.24, 2.45) is 0 Å². The lowest BCUT2D eigenvalue weighted by atomic mass is 10.2. The molecule has 0 saturated carbocycles. The van der Waals surface area contributed by atoms with Gasteiger partial charge in [0.05, 0.1) is 16.2 Å². The van der Waals surface area contributed by atoms with Gasteiger partial charge in [0.25, 0.3) is 5.91 Å². The van der Waals surface area contributed by atoms with Gasteiger partial charge in [0.2, 0.25) is 0 Å². The highest BCUT2D eigenvalue weighted by molar-refractivity contribution is 9.11. The van der Waals surface area contributed by atoms with Crippen LogP contribution in [0.15, 0.2) is 74.1 Å². The molecule has 1 heterocycles. The molecule has 0 aliphatic rings. The Hall–Kier alpha value is -2.66. The van der Waals surface area contributed by atoms with Crippen molar-refractivity contribution >= 4 is 99.4 Å². The first kappa shape index (κ1) is 25.4. The van der Waals surface area contributed by atoms with Crippen LogP contribution in [0.25, 0.3) is 10.9 Å². The molecule has 0 atom stereocenters. The molecule has 0 aliphatic heterocycles. The highest BCUT2D eigenvalue weighted by atomic mass is 79.9. The van der Waals surface area contributed by atoms with E-state index in [1.807, 2.05) is 19.1 Å². The number of amides is 3. The smallest absolute Gasteiger partial charge is 0.321 e. The number of benzene rings is 3. The van der Waals surface area contributed by atoms with E-state index >= 15 is 0 Å². The van der Waals surface area contributed by atoms with Crippen molar-refractivity contribution in [1.29, 1.82) is 0 Å². The second-order valence-corrected chi connectivity index (χ2v) is 10.6. The summed E-state index contributed by atoms with van der Waals surface area (Å²) in [6.07, 6.45) is 0. The molecule has 3 aromatic carbocycles. The van der Waals surface area contributed by atoms with E-state index in [1.54, 1.807) is 48.5 Å². The fourth-order valence-electron chi connectivity index (χ4n) is 3.31. The number of halogens is 4. The molecule has 35 heavy (non-hydrogen) atoms. The quantitative estimate of drug-likeness (QED) is 0.206. The Balaban J connectivity index is 1.63. The summed E-state index contributed by atoms with van der Waals surface area (Å²) in [5.41, 5.74) is 5.01. The number of nitrogens with one attached hydrogen (secondary N) is 3. The lowest BCUT2D eigenvalue weighted by molar-refractivity contribution is -0.133. The zero-order valence-corrected chi connectivity index (χ0v) is 23.5. The maximum Gasteiger partial charge on any atom is 0.328 e. The number of hydrogen-bond donors (Lipinski definition) is 3. The number of hydrogen-bond acceptors (Lipinski definition) is 3. The number of fused-ring (bicyclic) bond motifs is 1. The standard InChI is InChI=1S/C24H16Br3ClN4O3/c1-12-8-16(4-5-17(12)27)29-22(33)21-10-13-9-14(25)3-7-20(13)32(21)31-24(35)23(34)30-19-6-2-15(26)11-18(19)28/h2-11H,1H3,(H,29,33)(H,30,34)(H,31,35). The van der Waals surface area contributed by atoms with Gasteiger partial charge >= 0.3 is 11.8 Å². The first-order chi connectivity index (χ1) is 16.6. The van der Waals surface area contributed by atoms with Gasteiger partial charge in [-0.05, 0) is 73.2 Å². The molecule has 1 aromatic heterocycles. The third kappa shape index (κ3) is 5.78. The molecule has 178 valence electrons. The molecule has 4 rings (SSSR count). The van der Waals surface area contributed by atoms with Crippen molar-refractivity contribution in [3.05, 3.63) is 90.4 Å². The molecular weight excluding hydrogens is 667 g/mol. The highest BCUT2D eigenvalue weighted by Gasteiger charge is 2.22. The second kappa shape index (κ2) is 10.5. The van der Waals surface area contributed by atoms with E-state index in [0.717, 1.165) is 19.0 Å². The van der Waals surface area contributed by atoms with Gasteiger partial charge in [0, 0.05) is 24.5 Å². The van der Waals surface area contributed by atoms with Gasteiger partial charge in [0.15, 0.2) is 0 Å². The Morgan fingerprint density at radius 3 is 2.26 bits per heavy atom. The number of anilines is 2. The predicted molar refractivity (Wildman–Crippen MR) is 149 cm³/mol. The third-order valence-corrected chi connectivity index (χ3v) is 7.20. The van der Waals surface area contributed by atoms with Crippen LogP contribution >= 0.6 is 59.4 Å². The van der Waals surface area contributed by atoms with Crippen molar-refractivity contribution in [1.82, 2.24) is 4.68 Å².